The summed E-state index contributed by atoms with van der Waals surface area (Å²) in [6.07, 6.45) is 0.668. The number of nitrogens with two attached hydrogens (primary N) is 1. The van der Waals surface area contributed by atoms with Gasteiger partial charge in [0.25, 0.3) is 0 Å². The van der Waals surface area contributed by atoms with E-state index in [1.165, 1.54) is 0 Å². The van der Waals surface area contributed by atoms with Crippen LogP contribution in [0.2, 0.25) is 0 Å². The van der Waals surface area contributed by atoms with E-state index in [4.69, 9.17) is 45.6 Å². The molecule has 88 valence electrons. The number of amidine groups is 1. The summed E-state index contributed by atoms with van der Waals surface area (Å²) in [5.74, 6) is 0.212. The molecule has 6 heteroatoms. The van der Waals surface area contributed by atoms with Crippen molar-refractivity contribution in [3.63, 3.8) is 0 Å². The fourth-order valence-corrected chi connectivity index (χ4v) is 1.24. The lowest BCUT2D eigenvalue weighted by atomic mass is 10.1. The third-order valence-electron chi connectivity index (χ3n) is 1.91. The third-order valence-corrected chi connectivity index (χ3v) is 2.49. The zero-order valence-electron chi connectivity index (χ0n) is 8.33. The van der Waals surface area contributed by atoms with Crippen LogP contribution in [0.15, 0.2) is 29.3 Å². The number of aliphatic imine (C=N–C) groups is 1. The molecule has 0 saturated carbocycles. The first-order chi connectivity index (χ1) is 7.39. The van der Waals surface area contributed by atoms with Crippen LogP contribution in [-0.4, -0.2) is 21.3 Å². The number of hydrogen-bond acceptors (Lipinski definition) is 2. The largest absolute Gasteiger partial charge is 0.508 e. The first-order valence-corrected chi connectivity index (χ1v) is 5.68. The van der Waals surface area contributed by atoms with Crippen LogP contribution in [0.4, 0.5) is 0 Å². The Morgan fingerprint density at radius 1 is 1.25 bits per heavy atom. The number of benzene rings is 1. The van der Waals surface area contributed by atoms with E-state index in [1.54, 1.807) is 24.3 Å². The van der Waals surface area contributed by atoms with Gasteiger partial charge in [-0.25, -0.2) is 0 Å². The van der Waals surface area contributed by atoms with E-state index >= 15 is 0 Å². The van der Waals surface area contributed by atoms with Crippen molar-refractivity contribution < 1.29 is 5.11 Å². The molecule has 3 N–H and O–H groups in total. The van der Waals surface area contributed by atoms with Crippen molar-refractivity contribution in [2.24, 2.45) is 10.7 Å². The molecule has 0 unspecified atom stereocenters. The van der Waals surface area contributed by atoms with E-state index in [2.05, 4.69) is 4.99 Å². The average Bonchev–Trinajstić information content (AvgIpc) is 2.19. The fraction of sp³-hybridized carbons (Fsp3) is 0.300. The molecule has 0 saturated heterocycles. The number of hydrogen-bond donors (Lipinski definition) is 2. The minimum Gasteiger partial charge on any atom is -0.508 e. The fourth-order valence-electron chi connectivity index (χ4n) is 1.06. The first kappa shape index (κ1) is 13.4. The van der Waals surface area contributed by atoms with Crippen LogP contribution < -0.4 is 5.73 Å². The highest BCUT2D eigenvalue weighted by Gasteiger charge is 2.24. The second kappa shape index (κ2) is 5.62. The lowest BCUT2D eigenvalue weighted by Crippen LogP contribution is -2.28. The summed E-state index contributed by atoms with van der Waals surface area (Å²) >= 11 is 16.6. The molecule has 0 heterocycles. The van der Waals surface area contributed by atoms with Crippen LogP contribution in [0.25, 0.3) is 0 Å². The zero-order valence-corrected chi connectivity index (χ0v) is 10.6. The lowest BCUT2D eigenvalue weighted by Gasteiger charge is -2.09. The molecular formula is C10H11Cl3N2O. The van der Waals surface area contributed by atoms with Crippen molar-refractivity contribution in [2.45, 2.75) is 10.2 Å². The van der Waals surface area contributed by atoms with E-state index in [0.29, 0.717) is 13.0 Å². The van der Waals surface area contributed by atoms with Crippen LogP contribution in [0.5, 0.6) is 5.75 Å². The van der Waals surface area contributed by atoms with Gasteiger partial charge in [0, 0.05) is 6.54 Å². The highest BCUT2D eigenvalue weighted by atomic mass is 35.6. The molecule has 0 amide bonds. The first-order valence-electron chi connectivity index (χ1n) is 4.54. The molecule has 0 spiro atoms. The van der Waals surface area contributed by atoms with Crippen LogP contribution in [0.3, 0.4) is 0 Å². The van der Waals surface area contributed by atoms with Crippen LogP contribution >= 0.6 is 34.8 Å². The van der Waals surface area contributed by atoms with Crippen LogP contribution in [0.1, 0.15) is 5.56 Å². The Morgan fingerprint density at radius 2 is 1.81 bits per heavy atom. The molecule has 0 aliphatic rings. The summed E-state index contributed by atoms with van der Waals surface area (Å²) in [4.78, 5) is 3.95. The van der Waals surface area contributed by atoms with Gasteiger partial charge in [-0.3, -0.25) is 4.99 Å². The van der Waals surface area contributed by atoms with E-state index in [9.17, 15) is 0 Å². The predicted molar refractivity (Wildman–Crippen MR) is 68.6 cm³/mol. The number of phenols is 1. The lowest BCUT2D eigenvalue weighted by molar-refractivity contribution is 0.475. The molecule has 0 atom stereocenters. The second-order valence-electron chi connectivity index (χ2n) is 3.18. The third kappa shape index (κ3) is 4.47. The summed E-state index contributed by atoms with van der Waals surface area (Å²) in [6.45, 7) is 0.435. The Hall–Kier alpha value is -0.640. The van der Waals surface area contributed by atoms with Crippen molar-refractivity contribution >= 4 is 40.6 Å². The highest BCUT2D eigenvalue weighted by Crippen LogP contribution is 2.25. The maximum Gasteiger partial charge on any atom is 0.247 e. The van der Waals surface area contributed by atoms with Crippen LogP contribution in [0, 0.1) is 0 Å². The molecule has 1 rings (SSSR count). The van der Waals surface area contributed by atoms with Gasteiger partial charge in [0.05, 0.1) is 0 Å². The smallest absolute Gasteiger partial charge is 0.247 e. The van der Waals surface area contributed by atoms with Crippen LogP contribution in [-0.2, 0) is 6.42 Å². The highest BCUT2D eigenvalue weighted by molar-refractivity contribution is 6.76. The second-order valence-corrected chi connectivity index (χ2v) is 5.46. The van der Waals surface area contributed by atoms with Gasteiger partial charge in [0.15, 0.2) is 0 Å². The number of aromatic hydroxyl groups is 1. The van der Waals surface area contributed by atoms with E-state index in [0.717, 1.165) is 5.56 Å². The Kier molecular flexibility index (Phi) is 4.71. The summed E-state index contributed by atoms with van der Waals surface area (Å²) < 4.78 is -1.64. The number of rotatable bonds is 3. The van der Waals surface area contributed by atoms with Crippen molar-refractivity contribution in [3.05, 3.63) is 29.8 Å². The molecule has 0 aliphatic carbocycles. The molecule has 1 aromatic rings. The number of nitrogens with zero attached hydrogens (tertiary/aromatic N) is 1. The van der Waals surface area contributed by atoms with Gasteiger partial charge in [-0.1, -0.05) is 46.9 Å². The average molecular weight is 282 g/mol. The van der Waals surface area contributed by atoms with Gasteiger partial charge in [-0.15, -0.1) is 0 Å². The van der Waals surface area contributed by atoms with Gasteiger partial charge >= 0.3 is 0 Å². The Labute approximate surface area is 109 Å². The summed E-state index contributed by atoms with van der Waals surface area (Å²) in [7, 11) is 0. The molecule has 1 aromatic carbocycles. The van der Waals surface area contributed by atoms with Crippen molar-refractivity contribution in [2.75, 3.05) is 6.54 Å². The topological polar surface area (TPSA) is 58.6 Å². The Balaban J connectivity index is 2.50. The Bertz CT molecular complexity index is 371. The normalized spacial score (nSPS) is 12.8. The van der Waals surface area contributed by atoms with Gasteiger partial charge in [-0.2, -0.15) is 0 Å². The van der Waals surface area contributed by atoms with Gasteiger partial charge in [0.2, 0.25) is 3.79 Å². The molecule has 3 nitrogen and oxygen atoms in total. The van der Waals surface area contributed by atoms with Gasteiger partial charge < -0.3 is 10.8 Å². The maximum absolute atomic E-state index is 9.08. The monoisotopic (exact) mass is 280 g/mol. The Morgan fingerprint density at radius 3 is 2.31 bits per heavy atom. The van der Waals surface area contributed by atoms with Gasteiger partial charge in [-0.05, 0) is 24.1 Å². The SMILES string of the molecule is NC(=NCCc1ccc(O)cc1)C(Cl)(Cl)Cl. The van der Waals surface area contributed by atoms with E-state index in [-0.39, 0.29) is 11.6 Å². The minimum atomic E-state index is -1.64. The molecule has 0 aliphatic heterocycles. The molecular weight excluding hydrogens is 270 g/mol. The summed E-state index contributed by atoms with van der Waals surface area (Å²) in [6, 6.07) is 6.82. The van der Waals surface area contributed by atoms with Crippen molar-refractivity contribution in [1.82, 2.24) is 0 Å². The minimum absolute atomic E-state index is 0.0173. The number of halogens is 3. The summed E-state index contributed by atoms with van der Waals surface area (Å²) in [5, 5.41) is 9.08. The molecule has 0 bridgehead atoms. The predicted octanol–water partition coefficient (Wildman–Crippen LogP) is 2.66. The number of alkyl halides is 3. The van der Waals surface area contributed by atoms with E-state index < -0.39 is 3.79 Å². The maximum atomic E-state index is 9.08. The molecule has 0 aromatic heterocycles. The standard InChI is InChI=1S/C10H11Cl3N2O/c11-10(12,13)9(14)15-6-5-7-1-3-8(16)4-2-7/h1-4,16H,5-6H2,(H2,14,15). The zero-order chi connectivity index (χ0) is 12.2. The summed E-state index contributed by atoms with van der Waals surface area (Å²) in [5.41, 5.74) is 6.48. The number of phenolic OH excluding ortho intramolecular Hbond substituents is 1. The molecule has 0 fully saturated rings. The van der Waals surface area contributed by atoms with Crippen molar-refractivity contribution in [3.8, 4) is 5.75 Å². The molecule has 0 radical (unpaired) electrons. The molecule has 16 heavy (non-hydrogen) atoms. The van der Waals surface area contributed by atoms with Crippen molar-refractivity contribution in [1.29, 1.82) is 0 Å². The van der Waals surface area contributed by atoms with E-state index in [1.807, 2.05) is 0 Å². The van der Waals surface area contributed by atoms with Gasteiger partial charge in [0.1, 0.15) is 11.6 Å². The quantitative estimate of drug-likeness (QED) is 0.508.